The van der Waals surface area contributed by atoms with Crippen LogP contribution in [0.1, 0.15) is 31.1 Å². The van der Waals surface area contributed by atoms with E-state index >= 15 is 0 Å². The first kappa shape index (κ1) is 22.0. The van der Waals surface area contributed by atoms with E-state index in [1.807, 2.05) is 13.8 Å². The van der Waals surface area contributed by atoms with Crippen molar-refractivity contribution in [3.8, 4) is 0 Å². The highest BCUT2D eigenvalue weighted by molar-refractivity contribution is 6.63. The molecule has 1 aliphatic heterocycles. The quantitative estimate of drug-likeness (QED) is 0.127. The topological polar surface area (TPSA) is 172 Å². The second kappa shape index (κ2) is 8.82. The number of ether oxygens (including phenoxy) is 1. The summed E-state index contributed by atoms with van der Waals surface area (Å²) in [6, 6.07) is 3.82. The van der Waals surface area contributed by atoms with Crippen LogP contribution in [0.3, 0.4) is 0 Å². The fourth-order valence-electron chi connectivity index (χ4n) is 3.23. The number of carbonyl (C=O) groups is 3. The van der Waals surface area contributed by atoms with E-state index < -0.39 is 46.5 Å². The van der Waals surface area contributed by atoms with E-state index in [2.05, 4.69) is 14.8 Å². The van der Waals surface area contributed by atoms with E-state index in [4.69, 9.17) is 5.53 Å². The van der Waals surface area contributed by atoms with Crippen molar-refractivity contribution in [3.63, 3.8) is 0 Å². The number of ketones is 1. The van der Waals surface area contributed by atoms with Crippen molar-refractivity contribution < 1.29 is 33.9 Å². The summed E-state index contributed by atoms with van der Waals surface area (Å²) < 4.78 is 4.56. The average molecular weight is 404 g/mol. The van der Waals surface area contributed by atoms with Crippen LogP contribution in [-0.2, 0) is 14.3 Å². The molecular weight excluding hydrogens is 384 g/mol. The van der Waals surface area contributed by atoms with Gasteiger partial charge in [0.05, 0.1) is 10.5 Å². The van der Waals surface area contributed by atoms with Gasteiger partial charge in [-0.25, -0.2) is 9.59 Å². The van der Waals surface area contributed by atoms with E-state index in [1.165, 1.54) is 6.92 Å². The number of nitro benzene ring substituents is 1. The van der Waals surface area contributed by atoms with E-state index in [1.54, 1.807) is 0 Å². The van der Waals surface area contributed by atoms with E-state index in [9.17, 15) is 29.6 Å². The summed E-state index contributed by atoms with van der Waals surface area (Å²) in [4.78, 5) is 49.4. The number of Topliss-reactive ketones (excluding diaryl/α,β-unsaturated/α-hetero) is 1. The van der Waals surface area contributed by atoms with Crippen molar-refractivity contribution in [1.29, 1.82) is 0 Å². The molecule has 29 heavy (non-hydrogen) atoms. The van der Waals surface area contributed by atoms with Gasteiger partial charge in [0, 0.05) is 30.0 Å². The molecule has 11 heteroatoms. The van der Waals surface area contributed by atoms with Gasteiger partial charge in [0.2, 0.25) is 0 Å². The molecule has 11 nitrogen and oxygen atoms in total. The van der Waals surface area contributed by atoms with Gasteiger partial charge in [-0.2, -0.15) is 4.79 Å². The second-order valence-electron chi connectivity index (χ2n) is 7.04. The molecule has 2 N–H and O–H groups in total. The van der Waals surface area contributed by atoms with E-state index in [0.717, 1.165) is 24.3 Å². The molecule has 0 radical (unpaired) electrons. The Balaban J connectivity index is 2.08. The summed E-state index contributed by atoms with van der Waals surface area (Å²) in [6.07, 6.45) is -0.791. The minimum atomic E-state index is -1.45. The molecule has 1 fully saturated rings. The number of hydrogen-bond acceptors (Lipinski definition) is 8. The summed E-state index contributed by atoms with van der Waals surface area (Å²) in [6.45, 7) is 5.24. The van der Waals surface area contributed by atoms with Crippen LogP contribution in [0.15, 0.2) is 24.3 Å². The average Bonchev–Trinajstić information content (AvgIpc) is 2.65. The standard InChI is InChI=1S/C18H20N4O7/c1-8(2)12-13(20-16(12)24)9(3)15(23)14(21-19)18(26)29-17(25)10-4-6-11(7-5-10)22(27)28/h4-9,12-13,16,20,24H,1-3H3/t9-,12-,13-,16?/m1/s1. The Labute approximate surface area is 165 Å². The first-order valence-corrected chi connectivity index (χ1v) is 8.79. The maximum atomic E-state index is 12.6. The minimum Gasteiger partial charge on any atom is -0.380 e. The molecule has 0 aliphatic carbocycles. The molecule has 1 unspecified atom stereocenters. The molecule has 4 atom stereocenters. The number of hydrogen-bond donors (Lipinski definition) is 2. The lowest BCUT2D eigenvalue weighted by atomic mass is 9.73. The number of non-ortho nitro benzene ring substituents is 1. The van der Waals surface area contributed by atoms with Gasteiger partial charge in [-0.1, -0.05) is 20.8 Å². The number of aliphatic hydroxyl groups excluding tert-OH is 1. The van der Waals surface area contributed by atoms with Gasteiger partial charge in [-0.15, -0.1) is 0 Å². The van der Waals surface area contributed by atoms with Gasteiger partial charge < -0.3 is 15.4 Å². The number of carbonyl (C=O) groups excluding carboxylic acids is 3. The summed E-state index contributed by atoms with van der Waals surface area (Å²) in [7, 11) is 0. The molecule has 0 bridgehead atoms. The first-order chi connectivity index (χ1) is 13.6. The van der Waals surface area contributed by atoms with Gasteiger partial charge in [-0.3, -0.25) is 20.2 Å². The van der Waals surface area contributed by atoms with Crippen molar-refractivity contribution in [3.05, 3.63) is 45.5 Å². The maximum absolute atomic E-state index is 12.6. The third kappa shape index (κ3) is 4.60. The molecule has 1 heterocycles. The molecule has 1 aromatic carbocycles. The SMILES string of the molecule is CC(C)[C@H]1C(O)N[C@@H]1[C@@H](C)C(=O)C(=[N+]=[N-])C(=O)OC(=O)c1ccc([N+](=O)[O-])cc1. The van der Waals surface area contributed by atoms with Gasteiger partial charge in [0.25, 0.3) is 11.5 Å². The molecule has 154 valence electrons. The highest BCUT2D eigenvalue weighted by Gasteiger charge is 2.49. The van der Waals surface area contributed by atoms with E-state index in [0.29, 0.717) is 0 Å². The Kier molecular flexibility index (Phi) is 6.70. The van der Waals surface area contributed by atoms with Gasteiger partial charge in [0.15, 0.2) is 0 Å². The highest BCUT2D eigenvalue weighted by Crippen LogP contribution is 2.32. The molecule has 0 spiro atoms. The summed E-state index contributed by atoms with van der Waals surface area (Å²) in [5.74, 6) is -4.50. The molecule has 0 amide bonds. The second-order valence-corrected chi connectivity index (χ2v) is 7.04. The van der Waals surface area contributed by atoms with Crippen LogP contribution in [0.2, 0.25) is 0 Å². The lowest BCUT2D eigenvalue weighted by Crippen LogP contribution is -2.67. The monoisotopic (exact) mass is 404 g/mol. The number of esters is 2. The molecule has 1 saturated heterocycles. The molecule has 2 rings (SSSR count). The number of nitro groups is 1. The van der Waals surface area contributed by atoms with Crippen LogP contribution in [0.4, 0.5) is 5.69 Å². The Morgan fingerprint density at radius 2 is 1.83 bits per heavy atom. The molecule has 1 aromatic rings. The van der Waals surface area contributed by atoms with Gasteiger partial charge in [0.1, 0.15) is 6.23 Å². The largest absolute Gasteiger partial charge is 0.442 e. The summed E-state index contributed by atoms with van der Waals surface area (Å²) in [5.41, 5.74) is 7.73. The van der Waals surface area contributed by atoms with Gasteiger partial charge in [-0.05, 0) is 18.1 Å². The number of rotatable bonds is 7. The van der Waals surface area contributed by atoms with Crippen LogP contribution in [0.25, 0.3) is 5.53 Å². The minimum absolute atomic E-state index is 0.0525. The smallest absolute Gasteiger partial charge is 0.380 e. The Hall–Kier alpha value is -3.27. The summed E-state index contributed by atoms with van der Waals surface area (Å²) >= 11 is 0. The van der Waals surface area contributed by atoms with Crippen LogP contribution in [0.5, 0.6) is 0 Å². The normalized spacial score (nSPS) is 21.5. The predicted octanol–water partition coefficient (Wildman–Crippen LogP) is 0.717. The van der Waals surface area contributed by atoms with Gasteiger partial charge >= 0.3 is 17.7 Å². The molecule has 0 aromatic heterocycles. The number of nitrogens with one attached hydrogen (secondary N) is 1. The Morgan fingerprint density at radius 3 is 2.28 bits per heavy atom. The van der Waals surface area contributed by atoms with E-state index in [-0.39, 0.29) is 23.1 Å². The van der Waals surface area contributed by atoms with Crippen LogP contribution in [0, 0.1) is 27.9 Å². The Bertz CT molecular complexity index is 885. The summed E-state index contributed by atoms with van der Waals surface area (Å²) in [5, 5.41) is 23.2. The highest BCUT2D eigenvalue weighted by atomic mass is 16.6. The third-order valence-electron chi connectivity index (χ3n) is 4.89. The Morgan fingerprint density at radius 1 is 1.24 bits per heavy atom. The van der Waals surface area contributed by atoms with Crippen molar-refractivity contribution in [2.45, 2.75) is 33.0 Å². The number of benzene rings is 1. The molecule has 1 aliphatic rings. The molecule has 0 saturated carbocycles. The van der Waals surface area contributed by atoms with Crippen molar-refractivity contribution in [2.24, 2.45) is 17.8 Å². The molecular formula is C18H20N4O7. The maximum Gasteiger partial charge on any atom is 0.442 e. The van der Waals surface area contributed by atoms with Crippen LogP contribution < -0.4 is 5.32 Å². The zero-order valence-electron chi connectivity index (χ0n) is 15.9. The van der Waals surface area contributed by atoms with Crippen molar-refractivity contribution in [2.75, 3.05) is 0 Å². The van der Waals surface area contributed by atoms with Crippen LogP contribution in [-0.4, -0.2) is 50.5 Å². The fourth-order valence-corrected chi connectivity index (χ4v) is 3.23. The third-order valence-corrected chi connectivity index (χ3v) is 4.89. The zero-order valence-corrected chi connectivity index (χ0v) is 15.9. The fraction of sp³-hybridized carbons (Fsp3) is 0.444. The lowest BCUT2D eigenvalue weighted by molar-refractivity contribution is -0.384. The van der Waals surface area contributed by atoms with Crippen molar-refractivity contribution in [1.82, 2.24) is 5.32 Å². The van der Waals surface area contributed by atoms with Crippen molar-refractivity contribution >= 4 is 29.1 Å². The van der Waals surface area contributed by atoms with Crippen LogP contribution >= 0.6 is 0 Å². The lowest BCUT2D eigenvalue weighted by Gasteiger charge is -2.47. The predicted molar refractivity (Wildman–Crippen MR) is 97.6 cm³/mol. The first-order valence-electron chi connectivity index (χ1n) is 8.79. The number of aliphatic hydroxyl groups is 1. The number of nitrogens with zero attached hydrogens (tertiary/aromatic N) is 3. The zero-order chi connectivity index (χ0) is 21.9.